The molecular formula is C10H13F2NO3S. The second kappa shape index (κ2) is 5.07. The molecule has 0 fully saturated rings. The van der Waals surface area contributed by atoms with Crippen LogP contribution in [0.15, 0.2) is 23.1 Å². The maximum absolute atomic E-state index is 12.9. The molecule has 1 unspecified atom stereocenters. The van der Waals surface area contributed by atoms with Crippen molar-refractivity contribution in [2.45, 2.75) is 17.9 Å². The van der Waals surface area contributed by atoms with Crippen molar-refractivity contribution in [3.8, 4) is 0 Å². The third-order valence-electron chi connectivity index (χ3n) is 2.45. The van der Waals surface area contributed by atoms with Gasteiger partial charge in [0.15, 0.2) is 11.6 Å². The average Bonchev–Trinajstić information content (AvgIpc) is 2.30. The van der Waals surface area contributed by atoms with Crippen LogP contribution >= 0.6 is 0 Å². The van der Waals surface area contributed by atoms with Crippen LogP contribution in [0.1, 0.15) is 6.92 Å². The molecule has 0 aromatic heterocycles. The zero-order chi connectivity index (χ0) is 13.2. The minimum Gasteiger partial charge on any atom is -0.395 e. The molecule has 0 radical (unpaired) electrons. The molecule has 4 nitrogen and oxygen atoms in total. The summed E-state index contributed by atoms with van der Waals surface area (Å²) in [6, 6.07) is 1.70. The van der Waals surface area contributed by atoms with E-state index in [1.165, 1.54) is 14.0 Å². The van der Waals surface area contributed by atoms with Gasteiger partial charge < -0.3 is 5.11 Å². The van der Waals surface area contributed by atoms with Gasteiger partial charge in [0.2, 0.25) is 10.0 Å². The van der Waals surface area contributed by atoms with Crippen molar-refractivity contribution >= 4 is 10.0 Å². The molecule has 0 spiro atoms. The molecule has 0 heterocycles. The maximum Gasteiger partial charge on any atom is 0.243 e. The van der Waals surface area contributed by atoms with Crippen molar-refractivity contribution < 1.29 is 22.3 Å². The van der Waals surface area contributed by atoms with Gasteiger partial charge in [0.05, 0.1) is 11.5 Å². The van der Waals surface area contributed by atoms with Crippen LogP contribution in [0.3, 0.4) is 0 Å². The lowest BCUT2D eigenvalue weighted by Gasteiger charge is -2.22. The number of nitrogens with zero attached hydrogens (tertiary/aromatic N) is 1. The Hall–Kier alpha value is -1.05. The largest absolute Gasteiger partial charge is 0.395 e. The highest BCUT2D eigenvalue weighted by molar-refractivity contribution is 7.89. The van der Waals surface area contributed by atoms with Crippen LogP contribution in [-0.2, 0) is 10.0 Å². The number of aliphatic hydroxyl groups is 1. The van der Waals surface area contributed by atoms with Gasteiger partial charge in [0.25, 0.3) is 0 Å². The summed E-state index contributed by atoms with van der Waals surface area (Å²) in [6.45, 7) is 1.14. The van der Waals surface area contributed by atoms with Crippen molar-refractivity contribution in [2.24, 2.45) is 0 Å². The fourth-order valence-electron chi connectivity index (χ4n) is 1.16. The lowest BCUT2D eigenvalue weighted by molar-refractivity contribution is 0.214. The number of aliphatic hydroxyl groups excluding tert-OH is 1. The third-order valence-corrected chi connectivity index (χ3v) is 4.42. The first-order valence-electron chi connectivity index (χ1n) is 4.84. The van der Waals surface area contributed by atoms with Gasteiger partial charge >= 0.3 is 0 Å². The Labute approximate surface area is 98.5 Å². The van der Waals surface area contributed by atoms with E-state index in [9.17, 15) is 17.2 Å². The minimum absolute atomic E-state index is 0.348. The molecule has 1 rings (SSSR count). The first kappa shape index (κ1) is 14.0. The number of hydrogen-bond donors (Lipinski definition) is 1. The lowest BCUT2D eigenvalue weighted by Crippen LogP contribution is -2.37. The van der Waals surface area contributed by atoms with Gasteiger partial charge in [-0.25, -0.2) is 17.2 Å². The molecule has 1 atom stereocenters. The molecule has 96 valence electrons. The molecule has 0 saturated carbocycles. The standard InChI is InChI=1S/C10H13F2NO3S/c1-7(6-14)13(2)17(15,16)8-3-4-9(11)10(12)5-8/h3-5,7,14H,6H2,1-2H3. The van der Waals surface area contributed by atoms with Crippen molar-refractivity contribution in [3.05, 3.63) is 29.8 Å². The predicted octanol–water partition coefficient (Wildman–Crippen LogP) is 0.966. The van der Waals surface area contributed by atoms with Gasteiger partial charge in [0.1, 0.15) is 0 Å². The van der Waals surface area contributed by atoms with Gasteiger partial charge in [-0.3, -0.25) is 0 Å². The Morgan fingerprint density at radius 2 is 1.94 bits per heavy atom. The average molecular weight is 265 g/mol. The van der Waals surface area contributed by atoms with Crippen molar-refractivity contribution in [3.63, 3.8) is 0 Å². The molecule has 0 aliphatic rings. The highest BCUT2D eigenvalue weighted by Crippen LogP contribution is 2.18. The quantitative estimate of drug-likeness (QED) is 0.882. The summed E-state index contributed by atoms with van der Waals surface area (Å²) >= 11 is 0. The summed E-state index contributed by atoms with van der Waals surface area (Å²) in [5.41, 5.74) is 0. The highest BCUT2D eigenvalue weighted by Gasteiger charge is 2.25. The third kappa shape index (κ3) is 2.80. The van der Waals surface area contributed by atoms with E-state index in [1.807, 2.05) is 0 Å². The van der Waals surface area contributed by atoms with E-state index in [2.05, 4.69) is 0 Å². The summed E-state index contributed by atoms with van der Waals surface area (Å²) < 4.78 is 50.4. The van der Waals surface area contributed by atoms with E-state index in [0.29, 0.717) is 6.07 Å². The van der Waals surface area contributed by atoms with Gasteiger partial charge in [-0.05, 0) is 25.1 Å². The zero-order valence-electron chi connectivity index (χ0n) is 9.39. The highest BCUT2D eigenvalue weighted by atomic mass is 32.2. The lowest BCUT2D eigenvalue weighted by atomic mass is 10.3. The van der Waals surface area contributed by atoms with Crippen LogP contribution in [0.4, 0.5) is 8.78 Å². The number of halogens is 2. The van der Waals surface area contributed by atoms with E-state index in [-0.39, 0.29) is 11.5 Å². The second-order valence-corrected chi connectivity index (χ2v) is 5.63. The second-order valence-electron chi connectivity index (χ2n) is 3.63. The summed E-state index contributed by atoms with van der Waals surface area (Å²) in [4.78, 5) is -0.348. The van der Waals surface area contributed by atoms with E-state index in [0.717, 1.165) is 16.4 Å². The SMILES string of the molecule is CC(CO)N(C)S(=O)(=O)c1ccc(F)c(F)c1. The Morgan fingerprint density at radius 3 is 2.41 bits per heavy atom. The van der Waals surface area contributed by atoms with Crippen LogP contribution in [0.25, 0.3) is 0 Å². The van der Waals surface area contributed by atoms with Gasteiger partial charge in [-0.15, -0.1) is 0 Å². The topological polar surface area (TPSA) is 57.6 Å². The minimum atomic E-state index is -3.92. The number of rotatable bonds is 4. The van der Waals surface area contributed by atoms with E-state index in [1.54, 1.807) is 0 Å². The molecule has 0 aliphatic heterocycles. The molecule has 1 N–H and O–H groups in total. The Bertz CT molecular complexity index is 504. The molecule has 1 aromatic carbocycles. The Kier molecular flexibility index (Phi) is 4.18. The first-order valence-corrected chi connectivity index (χ1v) is 6.28. The number of hydrogen-bond acceptors (Lipinski definition) is 3. The molecule has 17 heavy (non-hydrogen) atoms. The summed E-state index contributed by atoms with van der Waals surface area (Å²) in [5.74, 6) is -2.34. The van der Waals surface area contributed by atoms with E-state index >= 15 is 0 Å². The van der Waals surface area contributed by atoms with Crippen molar-refractivity contribution in [2.75, 3.05) is 13.7 Å². The number of sulfonamides is 1. The molecule has 0 saturated heterocycles. The molecule has 7 heteroatoms. The Morgan fingerprint density at radius 1 is 1.35 bits per heavy atom. The molecular weight excluding hydrogens is 252 g/mol. The Balaban J connectivity index is 3.17. The van der Waals surface area contributed by atoms with Crippen LogP contribution in [0.2, 0.25) is 0 Å². The summed E-state index contributed by atoms with van der Waals surface area (Å²) in [6.07, 6.45) is 0. The molecule has 0 bridgehead atoms. The van der Waals surface area contributed by atoms with Crippen LogP contribution in [0, 0.1) is 11.6 Å². The predicted molar refractivity (Wildman–Crippen MR) is 57.9 cm³/mol. The van der Waals surface area contributed by atoms with E-state index < -0.39 is 27.7 Å². The fraction of sp³-hybridized carbons (Fsp3) is 0.400. The van der Waals surface area contributed by atoms with Gasteiger partial charge in [-0.1, -0.05) is 0 Å². The molecule has 1 aromatic rings. The monoisotopic (exact) mass is 265 g/mol. The van der Waals surface area contributed by atoms with Crippen LogP contribution < -0.4 is 0 Å². The van der Waals surface area contributed by atoms with Crippen LogP contribution in [-0.4, -0.2) is 37.5 Å². The summed E-state index contributed by atoms with van der Waals surface area (Å²) in [5, 5.41) is 8.87. The van der Waals surface area contributed by atoms with Crippen LogP contribution in [0.5, 0.6) is 0 Å². The number of benzene rings is 1. The fourth-order valence-corrected chi connectivity index (χ4v) is 2.52. The molecule has 0 aliphatic carbocycles. The summed E-state index contributed by atoms with van der Waals surface area (Å²) in [7, 11) is -2.66. The van der Waals surface area contributed by atoms with Gasteiger partial charge in [0, 0.05) is 13.1 Å². The molecule has 0 amide bonds. The van der Waals surface area contributed by atoms with E-state index in [4.69, 9.17) is 5.11 Å². The smallest absolute Gasteiger partial charge is 0.243 e. The maximum atomic E-state index is 12.9. The van der Waals surface area contributed by atoms with Crippen molar-refractivity contribution in [1.29, 1.82) is 0 Å². The number of likely N-dealkylation sites (N-methyl/N-ethyl adjacent to an activating group) is 1. The first-order chi connectivity index (χ1) is 7.80. The zero-order valence-corrected chi connectivity index (χ0v) is 10.2. The van der Waals surface area contributed by atoms with Crippen molar-refractivity contribution in [1.82, 2.24) is 4.31 Å². The van der Waals surface area contributed by atoms with Gasteiger partial charge in [-0.2, -0.15) is 4.31 Å². The normalized spacial score (nSPS) is 14.0.